The van der Waals surface area contributed by atoms with Gasteiger partial charge in [0.2, 0.25) is 5.91 Å². The quantitative estimate of drug-likeness (QED) is 0.158. The monoisotopic (exact) mass is 526 g/mol. The van der Waals surface area contributed by atoms with Crippen molar-refractivity contribution in [1.29, 1.82) is 0 Å². The molecule has 0 unspecified atom stereocenters. The number of aromatic nitrogens is 3. The molecule has 9 heteroatoms. The molecule has 38 heavy (non-hydrogen) atoms. The summed E-state index contributed by atoms with van der Waals surface area (Å²) in [5.41, 5.74) is 6.34. The highest BCUT2D eigenvalue weighted by Crippen LogP contribution is 2.28. The number of H-pyrrole nitrogens is 1. The highest BCUT2D eigenvalue weighted by atomic mass is 32.2. The average Bonchev–Trinajstić information content (AvgIpc) is 3.35. The number of thioether (sulfide) groups is 1. The predicted octanol–water partition coefficient (Wildman–Crippen LogP) is 5.08. The lowest BCUT2D eigenvalue weighted by atomic mass is 10.1. The fraction of sp³-hybridized carbons (Fsp3) is 0.172. The largest absolute Gasteiger partial charge is 0.496 e. The summed E-state index contributed by atoms with van der Waals surface area (Å²) in [7, 11) is 1.56. The number of benzene rings is 3. The number of hydrogen-bond donors (Lipinski definition) is 2. The lowest BCUT2D eigenvalue weighted by Crippen LogP contribution is -2.35. The molecule has 0 aliphatic carbocycles. The summed E-state index contributed by atoms with van der Waals surface area (Å²) in [6.45, 7) is 1.51. The Morgan fingerprint density at radius 3 is 2.58 bits per heavy atom. The number of methoxy groups -OCH3 is 1. The van der Waals surface area contributed by atoms with Gasteiger partial charge in [-0.2, -0.15) is 4.68 Å². The molecule has 0 atom stereocenters. The summed E-state index contributed by atoms with van der Waals surface area (Å²) in [5, 5.41) is 1.82. The molecule has 2 heterocycles. The summed E-state index contributed by atoms with van der Waals surface area (Å²) in [6.07, 6.45) is 2.62. The van der Waals surface area contributed by atoms with Crippen LogP contribution in [0.3, 0.4) is 0 Å². The van der Waals surface area contributed by atoms with E-state index in [-0.39, 0.29) is 23.7 Å². The molecule has 5 rings (SSSR count). The Morgan fingerprint density at radius 1 is 1.03 bits per heavy atom. The van der Waals surface area contributed by atoms with Crippen LogP contribution in [0.4, 0.5) is 0 Å². The first-order valence-electron chi connectivity index (χ1n) is 12.1. The first kappa shape index (κ1) is 25.3. The van der Waals surface area contributed by atoms with E-state index in [4.69, 9.17) is 4.74 Å². The molecule has 2 N–H and O–H groups in total. The van der Waals surface area contributed by atoms with Crippen LogP contribution in [0.2, 0.25) is 0 Å². The minimum absolute atomic E-state index is 0.0536. The average molecular weight is 527 g/mol. The highest BCUT2D eigenvalue weighted by molar-refractivity contribution is 7.98. The van der Waals surface area contributed by atoms with Crippen LogP contribution >= 0.6 is 11.8 Å². The van der Waals surface area contributed by atoms with Gasteiger partial charge in [0, 0.05) is 40.4 Å². The van der Waals surface area contributed by atoms with E-state index < -0.39 is 0 Å². The lowest BCUT2D eigenvalue weighted by molar-refractivity contribution is -0.117. The van der Waals surface area contributed by atoms with E-state index in [0.717, 1.165) is 22.0 Å². The number of amides is 1. The van der Waals surface area contributed by atoms with E-state index in [1.165, 1.54) is 23.4 Å². The molecule has 2 aromatic heterocycles. The fourth-order valence-electron chi connectivity index (χ4n) is 4.33. The number of nitrogens with zero attached hydrogens (tertiary/aromatic N) is 2. The van der Waals surface area contributed by atoms with Gasteiger partial charge in [0.25, 0.3) is 5.56 Å². The Hall–Kier alpha value is -4.37. The molecule has 5 aromatic rings. The molecule has 8 nitrogen and oxygen atoms in total. The Balaban J connectivity index is 1.41. The van der Waals surface area contributed by atoms with Crippen LogP contribution < -0.4 is 15.7 Å². The van der Waals surface area contributed by atoms with E-state index in [2.05, 4.69) is 15.4 Å². The third kappa shape index (κ3) is 5.19. The number of nitrogens with one attached hydrogen (secondary N) is 2. The van der Waals surface area contributed by atoms with Crippen molar-refractivity contribution in [3.8, 4) is 5.75 Å². The third-order valence-electron chi connectivity index (χ3n) is 6.32. The molecular formula is C29H26N4O4S. The molecule has 0 spiro atoms. The molecule has 0 aliphatic rings. The second kappa shape index (κ2) is 10.9. The molecule has 0 bridgehead atoms. The minimum atomic E-state index is -0.358. The van der Waals surface area contributed by atoms with Gasteiger partial charge in [-0.25, -0.2) is 4.98 Å². The normalized spacial score (nSPS) is 11.1. The fourth-order valence-corrected chi connectivity index (χ4v) is 5.26. The van der Waals surface area contributed by atoms with Gasteiger partial charge in [-0.15, -0.1) is 0 Å². The number of rotatable bonds is 9. The second-order valence-corrected chi connectivity index (χ2v) is 9.76. The Kier molecular flexibility index (Phi) is 7.28. The van der Waals surface area contributed by atoms with Crippen LogP contribution in [0.15, 0.2) is 82.9 Å². The summed E-state index contributed by atoms with van der Waals surface area (Å²) < 4.78 is 6.68. The van der Waals surface area contributed by atoms with Gasteiger partial charge in [-0.1, -0.05) is 42.1 Å². The maximum absolute atomic E-state index is 13.4. The predicted molar refractivity (Wildman–Crippen MR) is 150 cm³/mol. The molecule has 1 amide bonds. The molecule has 0 aliphatic heterocycles. The number of carbonyl (C=O) groups excluding carboxylic acids is 2. The minimum Gasteiger partial charge on any atom is -0.496 e. The van der Waals surface area contributed by atoms with Crippen molar-refractivity contribution in [2.24, 2.45) is 0 Å². The summed E-state index contributed by atoms with van der Waals surface area (Å²) in [5.74, 6) is 0.648. The molecule has 3 aromatic carbocycles. The molecule has 0 saturated heterocycles. The highest BCUT2D eigenvalue weighted by Gasteiger charge is 2.16. The zero-order chi connectivity index (χ0) is 26.6. The second-order valence-electron chi connectivity index (χ2n) is 8.82. The van der Waals surface area contributed by atoms with Crippen molar-refractivity contribution in [2.45, 2.75) is 30.7 Å². The van der Waals surface area contributed by atoms with Gasteiger partial charge in [0.1, 0.15) is 5.75 Å². The maximum Gasteiger partial charge on any atom is 0.281 e. The van der Waals surface area contributed by atoms with Gasteiger partial charge in [-0.05, 0) is 55.3 Å². The molecule has 0 radical (unpaired) electrons. The molecule has 192 valence electrons. The van der Waals surface area contributed by atoms with Gasteiger partial charge >= 0.3 is 0 Å². The number of carbonyl (C=O) groups is 2. The van der Waals surface area contributed by atoms with Crippen LogP contribution in [-0.4, -0.2) is 33.4 Å². The van der Waals surface area contributed by atoms with Crippen LogP contribution in [0, 0.1) is 0 Å². The number of ketones is 1. The lowest BCUT2D eigenvalue weighted by Gasteiger charge is -2.15. The standard InChI is InChI=1S/C29H26N4O4S/c1-18(34)19-11-13-26(37-2)21(15-19)17-38-29-31-25-10-6-4-8-23(25)28(36)33(29)32-27(35)14-12-20-16-30-24-9-5-3-7-22(20)24/h3-11,13,15-16,30H,12,14,17H2,1-2H3,(H,32,35). The van der Waals surface area contributed by atoms with Crippen molar-refractivity contribution in [3.63, 3.8) is 0 Å². The van der Waals surface area contributed by atoms with Crippen molar-refractivity contribution in [1.82, 2.24) is 14.6 Å². The van der Waals surface area contributed by atoms with Crippen molar-refractivity contribution >= 4 is 45.3 Å². The number of ether oxygens (including phenoxy) is 1. The van der Waals surface area contributed by atoms with E-state index in [1.54, 1.807) is 43.5 Å². The van der Waals surface area contributed by atoms with Gasteiger partial charge < -0.3 is 9.72 Å². The SMILES string of the molecule is COc1ccc(C(C)=O)cc1CSc1nc2ccccc2c(=O)n1NC(=O)CCc1c[nH]c2ccccc12. The van der Waals surface area contributed by atoms with Crippen molar-refractivity contribution in [3.05, 3.63) is 100.0 Å². The third-order valence-corrected chi connectivity index (χ3v) is 7.31. The number of para-hydroxylation sites is 2. The van der Waals surface area contributed by atoms with E-state index in [1.807, 2.05) is 36.5 Å². The topological polar surface area (TPSA) is 106 Å². The maximum atomic E-state index is 13.4. The van der Waals surface area contributed by atoms with Crippen LogP contribution in [0.25, 0.3) is 21.8 Å². The van der Waals surface area contributed by atoms with Gasteiger partial charge in [0.05, 0.1) is 18.0 Å². The first-order chi connectivity index (χ1) is 18.4. The number of aromatic amines is 1. The van der Waals surface area contributed by atoms with Crippen molar-refractivity contribution < 1.29 is 14.3 Å². The van der Waals surface area contributed by atoms with E-state index in [9.17, 15) is 14.4 Å². The Labute approximate surface area is 223 Å². The Bertz CT molecular complexity index is 1720. The number of fused-ring (bicyclic) bond motifs is 2. The van der Waals surface area contributed by atoms with Crippen molar-refractivity contribution in [2.75, 3.05) is 12.5 Å². The molecule has 0 saturated carbocycles. The Morgan fingerprint density at radius 2 is 1.79 bits per heavy atom. The number of Topliss-reactive ketones (excluding diaryl/α,β-unsaturated/α-hetero) is 1. The molecule has 0 fully saturated rings. The number of aryl methyl sites for hydroxylation is 1. The van der Waals surface area contributed by atoms with E-state index in [0.29, 0.717) is 39.5 Å². The van der Waals surface area contributed by atoms with Gasteiger partial charge in [-0.3, -0.25) is 19.8 Å². The smallest absolute Gasteiger partial charge is 0.281 e. The van der Waals surface area contributed by atoms with Gasteiger partial charge in [0.15, 0.2) is 10.9 Å². The zero-order valence-electron chi connectivity index (χ0n) is 21.0. The first-order valence-corrected chi connectivity index (χ1v) is 13.1. The summed E-state index contributed by atoms with van der Waals surface area (Å²) in [6, 6.07) is 20.2. The summed E-state index contributed by atoms with van der Waals surface area (Å²) in [4.78, 5) is 46.2. The van der Waals surface area contributed by atoms with Crippen LogP contribution in [0.1, 0.15) is 34.8 Å². The molecular weight excluding hydrogens is 500 g/mol. The summed E-state index contributed by atoms with van der Waals surface area (Å²) >= 11 is 1.28. The van der Waals surface area contributed by atoms with E-state index >= 15 is 0 Å². The van der Waals surface area contributed by atoms with Crippen LogP contribution in [-0.2, 0) is 17.0 Å². The zero-order valence-corrected chi connectivity index (χ0v) is 21.8. The van der Waals surface area contributed by atoms with Crippen LogP contribution in [0.5, 0.6) is 5.75 Å². The number of hydrogen-bond acceptors (Lipinski definition) is 6.